The molecular formula is C4H2Cl2INO. The van der Waals surface area contributed by atoms with E-state index in [9.17, 15) is 0 Å². The predicted octanol–water partition coefficient (Wildman–Crippen LogP) is 2.92. The molecular weight excluding hydrogens is 276 g/mol. The largest absolute Gasteiger partial charge is 0.415 e. The van der Waals surface area contributed by atoms with Gasteiger partial charge in [0.2, 0.25) is 5.22 Å². The summed E-state index contributed by atoms with van der Waals surface area (Å²) in [7, 11) is 0. The highest BCUT2D eigenvalue weighted by atomic mass is 127. The highest BCUT2D eigenvalue weighted by Crippen LogP contribution is 2.21. The predicted molar refractivity (Wildman–Crippen MR) is 44.2 cm³/mol. The summed E-state index contributed by atoms with van der Waals surface area (Å²) in [5.41, 5.74) is 0.697. The van der Waals surface area contributed by atoms with Crippen LogP contribution >= 0.6 is 45.8 Å². The zero-order valence-electron chi connectivity index (χ0n) is 4.20. The Morgan fingerprint density at radius 3 is 2.44 bits per heavy atom. The van der Waals surface area contributed by atoms with Gasteiger partial charge in [-0.15, -0.1) is 0 Å². The zero-order valence-corrected chi connectivity index (χ0v) is 7.87. The molecule has 5 heteroatoms. The van der Waals surface area contributed by atoms with Crippen LogP contribution in [0.4, 0.5) is 0 Å². The highest BCUT2D eigenvalue weighted by molar-refractivity contribution is 14.1. The lowest BCUT2D eigenvalue weighted by Gasteiger charge is -1.79. The smallest absolute Gasteiger partial charge is 0.293 e. The molecule has 0 aromatic carbocycles. The van der Waals surface area contributed by atoms with Crippen molar-refractivity contribution in [2.24, 2.45) is 0 Å². The average molecular weight is 278 g/mol. The van der Waals surface area contributed by atoms with Gasteiger partial charge in [-0.2, -0.15) is 0 Å². The molecule has 0 unspecified atom stereocenters. The van der Waals surface area contributed by atoms with E-state index in [1.807, 2.05) is 0 Å². The van der Waals surface area contributed by atoms with Crippen molar-refractivity contribution in [1.29, 1.82) is 0 Å². The Balaban J connectivity index is 3.01. The van der Waals surface area contributed by atoms with Crippen LogP contribution in [0.2, 0.25) is 10.6 Å². The number of oxazole rings is 1. The Morgan fingerprint density at radius 2 is 2.22 bits per heavy atom. The van der Waals surface area contributed by atoms with Crippen molar-refractivity contribution >= 4 is 45.8 Å². The van der Waals surface area contributed by atoms with Gasteiger partial charge in [0.1, 0.15) is 5.69 Å². The molecule has 0 saturated heterocycles. The second-order valence-corrected chi connectivity index (χ2v) is 2.75. The van der Waals surface area contributed by atoms with E-state index in [2.05, 4.69) is 27.6 Å². The second kappa shape index (κ2) is 3.07. The quantitative estimate of drug-likeness (QED) is 0.583. The fraction of sp³-hybridized carbons (Fsp3) is 0.250. The topological polar surface area (TPSA) is 26.0 Å². The van der Waals surface area contributed by atoms with E-state index in [-0.39, 0.29) is 10.6 Å². The molecule has 9 heavy (non-hydrogen) atoms. The van der Waals surface area contributed by atoms with Gasteiger partial charge in [-0.1, -0.05) is 22.6 Å². The summed E-state index contributed by atoms with van der Waals surface area (Å²) in [6.45, 7) is 0. The van der Waals surface area contributed by atoms with Gasteiger partial charge in [-0.3, -0.25) is 0 Å². The molecule has 50 valence electrons. The molecule has 1 aromatic rings. The third-order valence-corrected chi connectivity index (χ3v) is 1.93. The molecule has 0 N–H and O–H groups in total. The van der Waals surface area contributed by atoms with Gasteiger partial charge in [0, 0.05) is 4.43 Å². The number of halogens is 3. The van der Waals surface area contributed by atoms with Crippen molar-refractivity contribution in [1.82, 2.24) is 4.98 Å². The second-order valence-electron chi connectivity index (χ2n) is 1.32. The van der Waals surface area contributed by atoms with Gasteiger partial charge >= 0.3 is 0 Å². The molecule has 1 rings (SSSR count). The van der Waals surface area contributed by atoms with Crippen LogP contribution in [-0.2, 0) is 4.43 Å². The van der Waals surface area contributed by atoms with E-state index in [4.69, 9.17) is 27.6 Å². The third-order valence-electron chi connectivity index (χ3n) is 0.750. The first-order valence-electron chi connectivity index (χ1n) is 2.10. The minimum Gasteiger partial charge on any atom is -0.415 e. The maximum atomic E-state index is 5.53. The molecule has 0 spiro atoms. The number of nitrogens with zero attached hydrogens (tertiary/aromatic N) is 1. The molecule has 0 atom stereocenters. The fourth-order valence-electron chi connectivity index (χ4n) is 0.388. The van der Waals surface area contributed by atoms with Gasteiger partial charge in [0.25, 0.3) is 5.35 Å². The molecule has 0 saturated carbocycles. The summed E-state index contributed by atoms with van der Waals surface area (Å²) in [6, 6.07) is 0. The Hall–Kier alpha value is 0.520. The summed E-state index contributed by atoms with van der Waals surface area (Å²) in [6.07, 6.45) is 0. The van der Waals surface area contributed by atoms with Gasteiger partial charge in [0.05, 0.1) is 0 Å². The monoisotopic (exact) mass is 277 g/mol. The first kappa shape index (κ1) is 7.63. The van der Waals surface area contributed by atoms with Crippen LogP contribution in [0.3, 0.4) is 0 Å². The van der Waals surface area contributed by atoms with Gasteiger partial charge < -0.3 is 4.42 Å². The average Bonchev–Trinajstić information content (AvgIpc) is 2.10. The molecule has 0 aliphatic rings. The van der Waals surface area contributed by atoms with Crippen LogP contribution < -0.4 is 0 Å². The SMILES string of the molecule is Clc1nc(CI)c(Cl)o1. The van der Waals surface area contributed by atoms with E-state index in [1.165, 1.54) is 0 Å². The van der Waals surface area contributed by atoms with Crippen molar-refractivity contribution in [2.75, 3.05) is 0 Å². The van der Waals surface area contributed by atoms with Crippen LogP contribution in [0.5, 0.6) is 0 Å². The molecule has 0 radical (unpaired) electrons. The molecule has 0 amide bonds. The number of hydrogen-bond acceptors (Lipinski definition) is 2. The summed E-state index contributed by atoms with van der Waals surface area (Å²) in [5.74, 6) is 0. The highest BCUT2D eigenvalue weighted by Gasteiger charge is 2.06. The lowest BCUT2D eigenvalue weighted by molar-refractivity contribution is 0.561. The lowest BCUT2D eigenvalue weighted by atomic mass is 10.6. The lowest BCUT2D eigenvalue weighted by Crippen LogP contribution is -1.74. The number of alkyl halides is 1. The van der Waals surface area contributed by atoms with E-state index < -0.39 is 0 Å². The van der Waals surface area contributed by atoms with E-state index in [1.54, 1.807) is 0 Å². The van der Waals surface area contributed by atoms with Gasteiger partial charge in [-0.05, 0) is 23.2 Å². The minimum atomic E-state index is 0.103. The number of aromatic nitrogens is 1. The molecule has 0 aliphatic carbocycles. The van der Waals surface area contributed by atoms with Gasteiger partial charge in [-0.25, -0.2) is 4.98 Å². The molecule has 0 aliphatic heterocycles. The van der Waals surface area contributed by atoms with Crippen molar-refractivity contribution in [3.05, 3.63) is 16.3 Å². The first-order valence-corrected chi connectivity index (χ1v) is 4.39. The third kappa shape index (κ3) is 1.72. The van der Waals surface area contributed by atoms with Crippen molar-refractivity contribution < 1.29 is 4.42 Å². The summed E-state index contributed by atoms with van der Waals surface area (Å²) >= 11 is 13.0. The van der Waals surface area contributed by atoms with Crippen LogP contribution in [0, 0.1) is 0 Å². The van der Waals surface area contributed by atoms with E-state index >= 15 is 0 Å². The first-order chi connectivity index (χ1) is 4.24. The minimum absolute atomic E-state index is 0.103. The Bertz CT molecular complexity index is 212. The van der Waals surface area contributed by atoms with Crippen molar-refractivity contribution in [3.8, 4) is 0 Å². The van der Waals surface area contributed by atoms with Crippen molar-refractivity contribution in [2.45, 2.75) is 4.43 Å². The Kier molecular flexibility index (Phi) is 2.60. The van der Waals surface area contributed by atoms with Crippen LogP contribution in [0.1, 0.15) is 5.69 Å². The number of rotatable bonds is 1. The Labute approximate surface area is 75.7 Å². The molecule has 0 bridgehead atoms. The standard InChI is InChI=1S/C4H2Cl2INO/c5-3-2(1-7)8-4(6)9-3/h1H2. The zero-order chi connectivity index (χ0) is 6.85. The number of hydrogen-bond donors (Lipinski definition) is 0. The van der Waals surface area contributed by atoms with Crippen molar-refractivity contribution in [3.63, 3.8) is 0 Å². The normalized spacial score (nSPS) is 10.1. The van der Waals surface area contributed by atoms with Gasteiger partial charge in [0.15, 0.2) is 0 Å². The maximum Gasteiger partial charge on any atom is 0.293 e. The fourth-order valence-corrected chi connectivity index (χ4v) is 1.53. The summed E-state index contributed by atoms with van der Waals surface area (Å²) in [4.78, 5) is 3.79. The molecule has 1 heterocycles. The van der Waals surface area contributed by atoms with E-state index in [0.29, 0.717) is 10.1 Å². The Morgan fingerprint density at radius 1 is 1.56 bits per heavy atom. The van der Waals surface area contributed by atoms with Crippen LogP contribution in [0.25, 0.3) is 0 Å². The molecule has 0 fully saturated rings. The molecule has 2 nitrogen and oxygen atoms in total. The van der Waals surface area contributed by atoms with E-state index in [0.717, 1.165) is 0 Å². The van der Waals surface area contributed by atoms with Crippen LogP contribution in [-0.4, -0.2) is 4.98 Å². The molecule has 1 aromatic heterocycles. The maximum absolute atomic E-state index is 5.53. The van der Waals surface area contributed by atoms with Crippen LogP contribution in [0.15, 0.2) is 4.42 Å². The summed E-state index contributed by atoms with van der Waals surface area (Å²) in [5, 5.41) is 0.390. The summed E-state index contributed by atoms with van der Waals surface area (Å²) < 4.78 is 5.44.